The molecule has 34 heavy (non-hydrogen) atoms. The van der Waals surface area contributed by atoms with Crippen LogP contribution in [0.25, 0.3) is 0 Å². The third kappa shape index (κ3) is 5.65. The van der Waals surface area contributed by atoms with Gasteiger partial charge in [-0.2, -0.15) is 4.98 Å². The molecular formula is C23H25N7O2S2. The smallest absolute Gasteiger partial charge is 0.232 e. The minimum atomic E-state index is 0.254. The lowest BCUT2D eigenvalue weighted by Gasteiger charge is -2.31. The van der Waals surface area contributed by atoms with E-state index in [4.69, 9.17) is 26.7 Å². The van der Waals surface area contributed by atoms with E-state index < -0.39 is 0 Å². The summed E-state index contributed by atoms with van der Waals surface area (Å²) in [6.45, 7) is 5.02. The van der Waals surface area contributed by atoms with Gasteiger partial charge in [0.25, 0.3) is 0 Å². The van der Waals surface area contributed by atoms with Crippen molar-refractivity contribution >= 4 is 40.9 Å². The predicted octanol–water partition coefficient (Wildman–Crippen LogP) is 3.87. The van der Waals surface area contributed by atoms with Crippen molar-refractivity contribution in [1.82, 2.24) is 25.3 Å². The fraction of sp³-hybridized carbons (Fsp3) is 0.348. The van der Waals surface area contributed by atoms with E-state index in [2.05, 4.69) is 37.4 Å². The first-order valence-electron chi connectivity index (χ1n) is 11.1. The topological polar surface area (TPSA) is 97.3 Å². The minimum Gasteiger partial charge on any atom is -0.454 e. The van der Waals surface area contributed by atoms with Crippen LogP contribution in [0.15, 0.2) is 52.9 Å². The lowest BCUT2D eigenvalue weighted by Crippen LogP contribution is -2.34. The number of hydrogen-bond donors (Lipinski definition) is 2. The maximum Gasteiger partial charge on any atom is 0.232 e. The highest BCUT2D eigenvalue weighted by molar-refractivity contribution is 7.99. The molecule has 0 radical (unpaired) electrons. The number of piperidine rings is 1. The van der Waals surface area contributed by atoms with E-state index in [-0.39, 0.29) is 6.79 Å². The molecule has 1 aromatic carbocycles. The highest BCUT2D eigenvalue weighted by Gasteiger charge is 2.19. The third-order valence-corrected chi connectivity index (χ3v) is 6.71. The first-order valence-corrected chi connectivity index (χ1v) is 12.4. The van der Waals surface area contributed by atoms with Crippen LogP contribution in [0.3, 0.4) is 0 Å². The van der Waals surface area contributed by atoms with Crippen molar-refractivity contribution in [1.29, 1.82) is 0 Å². The summed E-state index contributed by atoms with van der Waals surface area (Å²) < 4.78 is 10.8. The Labute approximate surface area is 207 Å². The quantitative estimate of drug-likeness (QED) is 0.296. The zero-order valence-electron chi connectivity index (χ0n) is 18.7. The maximum absolute atomic E-state index is 5.52. The molecule has 5 rings (SSSR count). The van der Waals surface area contributed by atoms with Gasteiger partial charge in [-0.3, -0.25) is 0 Å². The van der Waals surface area contributed by atoms with Crippen LogP contribution >= 0.6 is 24.0 Å². The minimum absolute atomic E-state index is 0.254. The van der Waals surface area contributed by atoms with E-state index >= 15 is 0 Å². The SMILES string of the molecule is CC1CCN(c2cc(Sc3ncccn3)nc(NC(=S)NCc3ccc4c(c3)OCO4)n2)CC1. The van der Waals surface area contributed by atoms with E-state index in [1.165, 1.54) is 11.8 Å². The molecule has 1 fully saturated rings. The van der Waals surface area contributed by atoms with Gasteiger partial charge in [-0.1, -0.05) is 13.0 Å². The van der Waals surface area contributed by atoms with Crippen molar-refractivity contribution < 1.29 is 9.47 Å². The van der Waals surface area contributed by atoms with E-state index in [9.17, 15) is 0 Å². The molecule has 0 atom stereocenters. The van der Waals surface area contributed by atoms with Crippen LogP contribution in [0.1, 0.15) is 25.3 Å². The maximum atomic E-state index is 5.52. The van der Waals surface area contributed by atoms with Gasteiger partial charge in [0.1, 0.15) is 10.8 Å². The molecule has 1 saturated heterocycles. The fourth-order valence-corrected chi connectivity index (χ4v) is 4.61. The summed E-state index contributed by atoms with van der Waals surface area (Å²) in [5, 5.41) is 8.18. The normalized spacial score (nSPS) is 15.3. The number of benzene rings is 1. The van der Waals surface area contributed by atoms with Crippen molar-refractivity contribution in [3.63, 3.8) is 0 Å². The summed E-state index contributed by atoms with van der Waals surface area (Å²) in [7, 11) is 0. The molecule has 0 amide bonds. The predicted molar refractivity (Wildman–Crippen MR) is 134 cm³/mol. The number of nitrogens with one attached hydrogen (secondary N) is 2. The van der Waals surface area contributed by atoms with Gasteiger partial charge in [-0.05, 0) is 66.5 Å². The van der Waals surface area contributed by atoms with Gasteiger partial charge < -0.3 is 25.0 Å². The highest BCUT2D eigenvalue weighted by Crippen LogP contribution is 2.32. The Balaban J connectivity index is 1.29. The number of thiocarbonyl (C=S) groups is 1. The first kappa shape index (κ1) is 22.6. The number of hydrogen-bond acceptors (Lipinski definition) is 9. The van der Waals surface area contributed by atoms with Crippen molar-refractivity contribution in [2.45, 2.75) is 36.5 Å². The first-order chi connectivity index (χ1) is 16.6. The summed E-state index contributed by atoms with van der Waals surface area (Å²) in [5.74, 6) is 3.55. The van der Waals surface area contributed by atoms with Crippen LogP contribution in [0.5, 0.6) is 11.5 Å². The number of fused-ring (bicyclic) bond motifs is 1. The number of aromatic nitrogens is 4. The molecule has 2 aliphatic rings. The number of rotatable bonds is 6. The second-order valence-corrected chi connectivity index (χ2v) is 9.58. The van der Waals surface area contributed by atoms with E-state index in [0.717, 1.165) is 59.8 Å². The van der Waals surface area contributed by atoms with Gasteiger partial charge in [0.05, 0.1) is 0 Å². The van der Waals surface area contributed by atoms with Gasteiger partial charge in [-0.25, -0.2) is 15.0 Å². The highest BCUT2D eigenvalue weighted by atomic mass is 32.2. The van der Waals surface area contributed by atoms with Crippen LogP contribution in [-0.2, 0) is 6.54 Å². The Morgan fingerprint density at radius 1 is 1.12 bits per heavy atom. The molecule has 2 N–H and O–H groups in total. The molecule has 4 heterocycles. The van der Waals surface area contributed by atoms with E-state index in [0.29, 0.717) is 22.8 Å². The summed E-state index contributed by atoms with van der Waals surface area (Å²) in [6.07, 6.45) is 5.73. The van der Waals surface area contributed by atoms with Crippen molar-refractivity contribution in [3.05, 3.63) is 48.3 Å². The van der Waals surface area contributed by atoms with Crippen LogP contribution < -0.4 is 25.0 Å². The molecule has 2 aromatic heterocycles. The molecule has 3 aromatic rings. The van der Waals surface area contributed by atoms with Gasteiger partial charge >= 0.3 is 0 Å². The summed E-state index contributed by atoms with van der Waals surface area (Å²) in [6, 6.07) is 9.61. The van der Waals surface area contributed by atoms with Crippen LogP contribution in [0, 0.1) is 5.92 Å². The molecular weight excluding hydrogens is 470 g/mol. The largest absolute Gasteiger partial charge is 0.454 e. The average Bonchev–Trinajstić information content (AvgIpc) is 3.32. The van der Waals surface area contributed by atoms with Crippen molar-refractivity contribution in [3.8, 4) is 11.5 Å². The third-order valence-electron chi connectivity index (χ3n) is 5.65. The molecule has 176 valence electrons. The van der Waals surface area contributed by atoms with Gasteiger partial charge in [0, 0.05) is 38.1 Å². The van der Waals surface area contributed by atoms with Gasteiger partial charge in [0.2, 0.25) is 12.7 Å². The van der Waals surface area contributed by atoms with Crippen molar-refractivity contribution in [2.24, 2.45) is 5.92 Å². The molecule has 0 saturated carbocycles. The lowest BCUT2D eigenvalue weighted by molar-refractivity contribution is 0.174. The number of anilines is 2. The van der Waals surface area contributed by atoms with Crippen LogP contribution in [0.2, 0.25) is 0 Å². The molecule has 0 spiro atoms. The van der Waals surface area contributed by atoms with E-state index in [1.807, 2.05) is 24.3 Å². The molecule has 9 nitrogen and oxygen atoms in total. The van der Waals surface area contributed by atoms with Crippen LogP contribution in [0.4, 0.5) is 11.8 Å². The Bertz CT molecular complexity index is 1160. The Kier molecular flexibility index (Phi) is 6.91. The lowest BCUT2D eigenvalue weighted by atomic mass is 9.99. The van der Waals surface area contributed by atoms with Crippen LogP contribution in [-0.4, -0.2) is 44.9 Å². The molecule has 0 bridgehead atoms. The molecule has 11 heteroatoms. The second kappa shape index (κ2) is 10.4. The van der Waals surface area contributed by atoms with E-state index in [1.54, 1.807) is 18.5 Å². The average molecular weight is 496 g/mol. The Hall–Kier alpha value is -3.18. The Morgan fingerprint density at radius 2 is 1.91 bits per heavy atom. The summed E-state index contributed by atoms with van der Waals surface area (Å²) >= 11 is 6.92. The zero-order valence-corrected chi connectivity index (χ0v) is 20.4. The monoisotopic (exact) mass is 495 g/mol. The van der Waals surface area contributed by atoms with Gasteiger partial charge in [-0.15, -0.1) is 0 Å². The van der Waals surface area contributed by atoms with Gasteiger partial charge in [0.15, 0.2) is 21.8 Å². The second-order valence-electron chi connectivity index (χ2n) is 8.19. The molecule has 0 unspecified atom stereocenters. The standard InChI is InChI=1S/C23H25N7O2S2/c1-15-5-9-30(10-6-15)19-12-20(34-23-24-7-2-8-25-23)28-21(27-19)29-22(33)26-13-16-3-4-17-18(11-16)32-14-31-17/h2-4,7-8,11-12,15H,5-6,9-10,13-14H2,1H3,(H2,26,27,28,29,33). The Morgan fingerprint density at radius 3 is 2.74 bits per heavy atom. The molecule has 2 aliphatic heterocycles. The number of nitrogens with zero attached hydrogens (tertiary/aromatic N) is 5. The van der Waals surface area contributed by atoms with Crippen molar-refractivity contribution in [2.75, 3.05) is 30.1 Å². The summed E-state index contributed by atoms with van der Waals surface area (Å²) in [4.78, 5) is 20.3. The fourth-order valence-electron chi connectivity index (χ4n) is 3.73. The number of ether oxygens (including phenoxy) is 2. The molecule has 0 aliphatic carbocycles. The zero-order chi connectivity index (χ0) is 23.3. The summed E-state index contributed by atoms with van der Waals surface area (Å²) in [5.41, 5.74) is 1.03.